The van der Waals surface area contributed by atoms with Crippen LogP contribution in [0.3, 0.4) is 0 Å². The van der Waals surface area contributed by atoms with Crippen LogP contribution < -0.4 is 0 Å². The Morgan fingerprint density at radius 3 is 1.88 bits per heavy atom. The lowest BCUT2D eigenvalue weighted by atomic mass is 9.84. The van der Waals surface area contributed by atoms with E-state index < -0.39 is 0 Å². The predicted octanol–water partition coefficient (Wildman–Crippen LogP) is 5.41. The maximum Gasteiger partial charge on any atom is 0.147 e. The fraction of sp³-hybridized carbons (Fsp3) is 0.0870. The normalized spacial score (nSPS) is 12.6. The molecule has 0 spiro atoms. The minimum Gasteiger partial charge on any atom is -0.298 e. The molecule has 0 aliphatic rings. The molecule has 0 radical (unpaired) electrons. The highest BCUT2D eigenvalue weighted by molar-refractivity contribution is 5.85. The third-order valence-electron chi connectivity index (χ3n) is 4.15. The van der Waals surface area contributed by atoms with E-state index in [1.165, 1.54) is 5.56 Å². The van der Waals surface area contributed by atoms with Crippen molar-refractivity contribution in [3.63, 3.8) is 0 Å². The van der Waals surface area contributed by atoms with Crippen LogP contribution in [0, 0.1) is 6.92 Å². The molecule has 0 heterocycles. The summed E-state index contributed by atoms with van der Waals surface area (Å²) in [5.41, 5.74) is 5.26. The predicted molar refractivity (Wildman–Crippen MR) is 99.9 cm³/mol. The van der Waals surface area contributed by atoms with Crippen LogP contribution in [-0.4, -0.2) is 6.29 Å². The minimum absolute atomic E-state index is 0.0653. The van der Waals surface area contributed by atoms with Crippen LogP contribution in [0.15, 0.2) is 90.5 Å². The lowest BCUT2D eigenvalue weighted by molar-refractivity contribution is -0.105. The molecule has 0 bridgehead atoms. The molecule has 1 unspecified atom stereocenters. The van der Waals surface area contributed by atoms with E-state index >= 15 is 0 Å². The quantitative estimate of drug-likeness (QED) is 0.455. The number of rotatable bonds is 5. The molecule has 1 nitrogen and oxygen atoms in total. The number of carbonyl (C=O) groups excluding carboxylic acids is 1. The number of hydrogen-bond donors (Lipinski definition) is 0. The number of allylic oxidation sites excluding steroid dienone is 1. The van der Waals surface area contributed by atoms with Crippen molar-refractivity contribution in [1.82, 2.24) is 0 Å². The maximum absolute atomic E-state index is 11.9. The molecule has 24 heavy (non-hydrogen) atoms. The van der Waals surface area contributed by atoms with Gasteiger partial charge in [0.1, 0.15) is 6.29 Å². The van der Waals surface area contributed by atoms with Crippen LogP contribution >= 0.6 is 0 Å². The van der Waals surface area contributed by atoms with Crippen LogP contribution in [0.25, 0.3) is 6.08 Å². The van der Waals surface area contributed by atoms with Gasteiger partial charge in [-0.3, -0.25) is 4.79 Å². The summed E-state index contributed by atoms with van der Waals surface area (Å²) in [6.45, 7) is 2.07. The van der Waals surface area contributed by atoms with Crippen molar-refractivity contribution in [1.29, 1.82) is 0 Å². The molecule has 0 amide bonds. The summed E-state index contributed by atoms with van der Waals surface area (Å²) in [4.78, 5) is 11.9. The lowest BCUT2D eigenvalue weighted by Crippen LogP contribution is -2.06. The second-order valence-corrected chi connectivity index (χ2v) is 5.93. The fourth-order valence-corrected chi connectivity index (χ4v) is 2.91. The highest BCUT2D eigenvalue weighted by Gasteiger charge is 2.18. The molecule has 0 saturated carbocycles. The van der Waals surface area contributed by atoms with E-state index in [2.05, 4.69) is 43.3 Å². The monoisotopic (exact) mass is 312 g/mol. The van der Waals surface area contributed by atoms with Gasteiger partial charge in [-0.2, -0.15) is 0 Å². The highest BCUT2D eigenvalue weighted by atomic mass is 16.1. The molecular formula is C23H20O. The van der Waals surface area contributed by atoms with Crippen LogP contribution in [-0.2, 0) is 4.79 Å². The summed E-state index contributed by atoms with van der Waals surface area (Å²) < 4.78 is 0. The number of hydrogen-bond acceptors (Lipinski definition) is 1. The summed E-state index contributed by atoms with van der Waals surface area (Å²) in [5.74, 6) is -0.0653. The average Bonchev–Trinajstić information content (AvgIpc) is 2.64. The molecule has 1 atom stereocenters. The Bertz CT molecular complexity index is 815. The van der Waals surface area contributed by atoms with Gasteiger partial charge in [-0.25, -0.2) is 0 Å². The second-order valence-electron chi connectivity index (χ2n) is 5.93. The van der Waals surface area contributed by atoms with Gasteiger partial charge in [-0.15, -0.1) is 0 Å². The van der Waals surface area contributed by atoms with Crippen molar-refractivity contribution in [3.8, 4) is 0 Å². The Morgan fingerprint density at radius 2 is 1.29 bits per heavy atom. The fourth-order valence-electron chi connectivity index (χ4n) is 2.91. The molecular weight excluding hydrogens is 292 g/mol. The van der Waals surface area contributed by atoms with E-state index in [9.17, 15) is 4.79 Å². The Balaban J connectivity index is 2.11. The molecule has 0 saturated heterocycles. The third-order valence-corrected chi connectivity index (χ3v) is 4.15. The smallest absolute Gasteiger partial charge is 0.147 e. The SMILES string of the molecule is Cc1ccc(C(C(C=O)=Cc2ccccc2)c2ccccc2)cc1. The van der Waals surface area contributed by atoms with Gasteiger partial charge in [-0.1, -0.05) is 90.5 Å². The maximum atomic E-state index is 11.9. The number of benzene rings is 3. The first kappa shape index (κ1) is 15.9. The van der Waals surface area contributed by atoms with E-state index in [1.54, 1.807) is 0 Å². The highest BCUT2D eigenvalue weighted by Crippen LogP contribution is 2.32. The minimum atomic E-state index is -0.0653. The van der Waals surface area contributed by atoms with Gasteiger partial charge >= 0.3 is 0 Å². The van der Waals surface area contributed by atoms with Crippen molar-refractivity contribution in [2.24, 2.45) is 0 Å². The van der Waals surface area contributed by atoms with Gasteiger partial charge in [0.05, 0.1) is 0 Å². The van der Waals surface area contributed by atoms with E-state index in [1.807, 2.05) is 54.6 Å². The number of aryl methyl sites for hydroxylation is 1. The summed E-state index contributed by atoms with van der Waals surface area (Å²) in [5, 5.41) is 0. The van der Waals surface area contributed by atoms with Crippen molar-refractivity contribution in [2.45, 2.75) is 12.8 Å². The zero-order valence-electron chi connectivity index (χ0n) is 13.7. The summed E-state index contributed by atoms with van der Waals surface area (Å²) in [7, 11) is 0. The standard InChI is InChI=1S/C23H20O/c1-18-12-14-21(15-13-18)23(20-10-6-3-7-11-20)22(17-24)16-19-8-4-2-5-9-19/h2-17,23H,1H3. The average molecular weight is 312 g/mol. The van der Waals surface area contributed by atoms with Gasteiger partial charge in [0.2, 0.25) is 0 Å². The van der Waals surface area contributed by atoms with Gasteiger partial charge in [0.25, 0.3) is 0 Å². The molecule has 3 aromatic carbocycles. The van der Waals surface area contributed by atoms with Gasteiger partial charge in [-0.05, 0) is 29.7 Å². The summed E-state index contributed by atoms with van der Waals surface area (Å²) in [6, 6.07) is 28.6. The molecule has 118 valence electrons. The van der Waals surface area contributed by atoms with Crippen molar-refractivity contribution >= 4 is 12.4 Å². The molecule has 3 rings (SSSR count). The van der Waals surface area contributed by atoms with E-state index in [-0.39, 0.29) is 5.92 Å². The molecule has 0 aliphatic heterocycles. The zero-order valence-corrected chi connectivity index (χ0v) is 13.7. The molecule has 0 N–H and O–H groups in total. The van der Waals surface area contributed by atoms with Crippen LogP contribution in [0.4, 0.5) is 0 Å². The second kappa shape index (κ2) is 7.56. The largest absolute Gasteiger partial charge is 0.298 e. The lowest BCUT2D eigenvalue weighted by Gasteiger charge is -2.19. The Morgan fingerprint density at radius 1 is 0.750 bits per heavy atom. The topological polar surface area (TPSA) is 17.1 Å². The third kappa shape index (κ3) is 3.69. The van der Waals surface area contributed by atoms with Crippen LogP contribution in [0.5, 0.6) is 0 Å². The number of aldehydes is 1. The van der Waals surface area contributed by atoms with Gasteiger partial charge in [0, 0.05) is 11.5 Å². The molecule has 0 fully saturated rings. The Kier molecular flexibility index (Phi) is 5.02. The molecule has 3 aromatic rings. The van der Waals surface area contributed by atoms with E-state index in [0.717, 1.165) is 28.5 Å². The Labute approximate surface area is 143 Å². The first-order chi connectivity index (χ1) is 11.8. The summed E-state index contributed by atoms with van der Waals surface area (Å²) >= 11 is 0. The Hall–Kier alpha value is -2.93. The number of carbonyl (C=O) groups is 1. The van der Waals surface area contributed by atoms with Gasteiger partial charge < -0.3 is 0 Å². The van der Waals surface area contributed by atoms with E-state index in [0.29, 0.717) is 0 Å². The zero-order chi connectivity index (χ0) is 16.8. The van der Waals surface area contributed by atoms with Crippen molar-refractivity contribution in [2.75, 3.05) is 0 Å². The molecule has 0 aliphatic carbocycles. The van der Waals surface area contributed by atoms with E-state index in [4.69, 9.17) is 0 Å². The first-order valence-corrected chi connectivity index (χ1v) is 8.11. The van der Waals surface area contributed by atoms with Gasteiger partial charge in [0.15, 0.2) is 0 Å². The van der Waals surface area contributed by atoms with Crippen molar-refractivity contribution in [3.05, 3.63) is 113 Å². The first-order valence-electron chi connectivity index (χ1n) is 8.11. The van der Waals surface area contributed by atoms with Crippen molar-refractivity contribution < 1.29 is 4.79 Å². The van der Waals surface area contributed by atoms with Crippen LogP contribution in [0.2, 0.25) is 0 Å². The molecule has 0 aromatic heterocycles. The summed E-state index contributed by atoms with van der Waals surface area (Å²) in [6.07, 6.45) is 2.95. The molecule has 1 heteroatoms. The van der Waals surface area contributed by atoms with Crippen LogP contribution in [0.1, 0.15) is 28.2 Å².